The van der Waals surface area contributed by atoms with Crippen LogP contribution >= 0.6 is 23.2 Å². The number of nitrogens with one attached hydrogen (secondary N) is 4. The number of rotatable bonds is 25. The van der Waals surface area contributed by atoms with E-state index in [0.717, 1.165) is 194 Å². The van der Waals surface area contributed by atoms with Gasteiger partial charge in [0.1, 0.15) is 34.3 Å². The third kappa shape index (κ3) is 20.9. The number of pyridine rings is 2. The molecule has 0 bridgehead atoms. The van der Waals surface area contributed by atoms with E-state index in [9.17, 15) is 46.7 Å². The molecular formula is C96H108Cl2N14O13S2. The van der Waals surface area contributed by atoms with Crippen LogP contribution in [0, 0.1) is 42.9 Å². The van der Waals surface area contributed by atoms with Gasteiger partial charge in [0, 0.05) is 165 Å². The lowest BCUT2D eigenvalue weighted by atomic mass is 9.72. The molecule has 4 aromatic heterocycles. The standard InChI is InChI=1S/C49H56ClN7O6S.C47H52ClN7O7S/c1-49(2)15-12-36(44(30-49)34-6-8-38(50)9-7-34)32-55-20-22-56(23-21-55)39-10-11-42(46(28-39)63-40-26-35-13-16-51-47(35)52-31-40)48(58)53-64(61,62)41-27-37-24-33(14-19-54-17-4-3-5-18-54)25-43(37)45(29-41)57(59)60;1-47(2)11-9-34(42(27-47)32-3-5-36(48)6-4-32)30-52-13-15-54(16-14-52)37-7-8-40(44(25-37)62-38-23-33-10-12-49-45(33)50-28-38)46(56)51-63(59,60)39-24-35-21-31(29-53-17-19-61-20-18-53)22-41(35)43(26-39)55(57)58/h6-11,13,16,26-29,31,33H,3-5,12,14-15,17-25,30,32H2,1-2H3,(H,51,52)(H,53,58);3-8,10,12,23-26,28,31H,9,11,13-22,27,29-30H2,1-2H3,(H,49,50)(H,51,56)/t33-;31-/m11/s1. The van der Waals surface area contributed by atoms with Crippen LogP contribution in [0.1, 0.15) is 146 Å². The van der Waals surface area contributed by atoms with Crippen molar-refractivity contribution in [3.8, 4) is 23.0 Å². The summed E-state index contributed by atoms with van der Waals surface area (Å²) in [5.74, 6) is -0.524. The Labute approximate surface area is 750 Å². The number of morpholine rings is 1. The van der Waals surface area contributed by atoms with Gasteiger partial charge in [0.15, 0.2) is 0 Å². The Kier molecular flexibility index (Phi) is 26.2. The zero-order valence-corrected chi connectivity index (χ0v) is 75.3. The number of carbonyl (C=O) groups excluding carboxylic acids is 2. The first-order valence-corrected chi connectivity index (χ1v) is 47.9. The van der Waals surface area contributed by atoms with E-state index in [-0.39, 0.29) is 66.5 Å². The Bertz CT molecular complexity index is 6130. The van der Waals surface area contributed by atoms with Gasteiger partial charge in [-0.25, -0.2) is 36.2 Å². The van der Waals surface area contributed by atoms with Gasteiger partial charge in [-0.1, -0.05) is 92.7 Å². The van der Waals surface area contributed by atoms with Crippen molar-refractivity contribution >= 4 is 111 Å². The highest BCUT2D eigenvalue weighted by atomic mass is 35.5. The lowest BCUT2D eigenvalue weighted by Gasteiger charge is -2.39. The van der Waals surface area contributed by atoms with Crippen LogP contribution in [-0.4, -0.2) is 196 Å². The van der Waals surface area contributed by atoms with Crippen molar-refractivity contribution in [2.45, 2.75) is 127 Å². The molecule has 8 heterocycles. The number of hydrogen-bond donors (Lipinski definition) is 4. The van der Waals surface area contributed by atoms with Gasteiger partial charge in [0.05, 0.1) is 56.4 Å². The molecule has 2 amide bonds. The minimum absolute atomic E-state index is 0.00421. The average molecular weight is 1800 g/mol. The van der Waals surface area contributed by atoms with E-state index in [1.54, 1.807) is 61.1 Å². The first kappa shape index (κ1) is 88.4. The lowest BCUT2D eigenvalue weighted by Crippen LogP contribution is -2.47. The number of fused-ring (bicyclic) bond motifs is 4. The first-order chi connectivity index (χ1) is 61.0. The maximum absolute atomic E-state index is 14.1. The monoisotopic (exact) mass is 1800 g/mol. The Balaban J connectivity index is 0.000000179. The molecule has 0 unspecified atom stereocenters. The minimum atomic E-state index is -4.55. The molecule has 4 fully saturated rings. The third-order valence-corrected chi connectivity index (χ3v) is 29.8. The number of H-pyrrole nitrogens is 2. The minimum Gasteiger partial charge on any atom is -0.455 e. The normalized spacial score (nSPS) is 19.5. The van der Waals surface area contributed by atoms with Crippen molar-refractivity contribution in [2.75, 3.05) is 128 Å². The quantitative estimate of drug-likeness (QED) is 0.0305. The Morgan fingerprint density at radius 1 is 0.520 bits per heavy atom. The number of halogens is 2. The summed E-state index contributed by atoms with van der Waals surface area (Å²) in [7, 11) is -9.08. The molecule has 6 aromatic carbocycles. The Hall–Kier alpha value is -10.6. The van der Waals surface area contributed by atoms with Crippen LogP contribution in [0.5, 0.6) is 23.0 Å². The van der Waals surface area contributed by atoms with Crippen LogP contribution in [-0.2, 0) is 50.5 Å². The smallest absolute Gasteiger partial charge is 0.274 e. The number of benzene rings is 6. The van der Waals surface area contributed by atoms with Crippen LogP contribution < -0.4 is 28.7 Å². The summed E-state index contributed by atoms with van der Waals surface area (Å²) in [6.45, 7) is 24.0. The highest BCUT2D eigenvalue weighted by molar-refractivity contribution is 7.90. The number of anilines is 2. The maximum Gasteiger partial charge on any atom is 0.274 e. The predicted molar refractivity (Wildman–Crippen MR) is 494 cm³/mol. The molecule has 8 aliphatic rings. The number of carbonyl (C=O) groups is 2. The molecule has 4 N–H and O–H groups in total. The molecule has 18 rings (SSSR count). The van der Waals surface area contributed by atoms with Gasteiger partial charge in [-0.3, -0.25) is 44.5 Å². The predicted octanol–water partition coefficient (Wildman–Crippen LogP) is 17.3. The zero-order chi connectivity index (χ0) is 88.5. The number of piperazine rings is 2. The number of aromatic amines is 2. The van der Waals surface area contributed by atoms with Crippen molar-refractivity contribution in [2.24, 2.45) is 22.7 Å². The van der Waals surface area contributed by atoms with Crippen molar-refractivity contribution in [1.29, 1.82) is 0 Å². The van der Waals surface area contributed by atoms with Crippen molar-refractivity contribution in [3.63, 3.8) is 0 Å². The summed E-state index contributed by atoms with van der Waals surface area (Å²) in [5.41, 5.74) is 13.6. The number of aromatic nitrogens is 4. The van der Waals surface area contributed by atoms with Crippen LogP contribution in [0.4, 0.5) is 22.7 Å². The maximum atomic E-state index is 14.1. The first-order valence-electron chi connectivity index (χ1n) is 44.2. The highest BCUT2D eigenvalue weighted by Crippen LogP contribution is 2.47. The number of nitrogens with zero attached hydrogens (tertiary/aromatic N) is 10. The van der Waals surface area contributed by atoms with Gasteiger partial charge < -0.3 is 38.9 Å². The summed E-state index contributed by atoms with van der Waals surface area (Å²) >= 11 is 12.5. The van der Waals surface area contributed by atoms with E-state index in [4.69, 9.17) is 37.4 Å². The number of sulfonamides is 2. The second-order valence-corrected chi connectivity index (χ2v) is 41.1. The number of amides is 2. The van der Waals surface area contributed by atoms with Gasteiger partial charge in [-0.15, -0.1) is 0 Å². The second kappa shape index (κ2) is 37.6. The molecule has 10 aromatic rings. The Morgan fingerprint density at radius 2 is 0.961 bits per heavy atom. The molecule has 31 heteroatoms. The number of allylic oxidation sites excluding steroid dienone is 2. The number of likely N-dealkylation sites (tertiary alicyclic amines) is 1. The van der Waals surface area contributed by atoms with Crippen molar-refractivity contribution < 1.29 is 50.5 Å². The molecule has 4 saturated heterocycles. The molecule has 0 radical (unpaired) electrons. The number of ether oxygens (including phenoxy) is 3. The van der Waals surface area contributed by atoms with E-state index in [1.165, 1.54) is 71.0 Å². The molecular weight excluding hydrogens is 1690 g/mol. The van der Waals surface area contributed by atoms with E-state index >= 15 is 0 Å². The Morgan fingerprint density at radius 3 is 1.41 bits per heavy atom. The van der Waals surface area contributed by atoms with E-state index < -0.39 is 41.7 Å². The van der Waals surface area contributed by atoms with Gasteiger partial charge in [-0.2, -0.15) is 0 Å². The fraction of sp³-hybridized carbons (Fsp3) is 0.417. The van der Waals surface area contributed by atoms with E-state index in [0.29, 0.717) is 83.9 Å². The lowest BCUT2D eigenvalue weighted by molar-refractivity contribution is -0.385. The van der Waals surface area contributed by atoms with Crippen LogP contribution in [0.25, 0.3) is 33.2 Å². The molecule has 127 heavy (non-hydrogen) atoms. The zero-order valence-electron chi connectivity index (χ0n) is 72.1. The van der Waals surface area contributed by atoms with Crippen LogP contribution in [0.15, 0.2) is 179 Å². The molecule has 4 aliphatic carbocycles. The summed E-state index contributed by atoms with van der Waals surface area (Å²) in [6.07, 6.45) is 19.6. The molecule has 4 aliphatic heterocycles. The number of hydrogen-bond acceptors (Lipinski definition) is 21. The van der Waals surface area contributed by atoms with E-state index in [2.05, 4.69) is 111 Å². The topological polar surface area (TPSA) is 317 Å². The number of nitro groups is 2. The second-order valence-electron chi connectivity index (χ2n) is 36.8. The summed E-state index contributed by atoms with van der Waals surface area (Å²) in [4.78, 5) is 80.3. The SMILES string of the molecule is CC1(C)CCC(CN2CCN(c3ccc(C(=O)NS(=O)(=O)c4cc5c(c([N+](=O)[O-])c4)C[C@H](CCN4CCCCC4)C5)c(Oc4cnc5[nH]ccc5c4)c3)CC2)=C(c2ccc(Cl)cc2)C1.CC1(C)CCC(CN2CCN(c3ccc(C(=O)NS(=O)(=O)c4cc5c(c([N+](=O)[O-])c4)C[C@H](CN4CCOCC4)C5)c(Oc4cnc5[nH]ccc5c4)c3)CC2)=C(c2ccc(Cl)cc2)C1. The van der Waals surface area contributed by atoms with Gasteiger partial charge in [0.25, 0.3) is 43.2 Å². The van der Waals surface area contributed by atoms with Crippen LogP contribution in [0.2, 0.25) is 10.0 Å². The van der Waals surface area contributed by atoms with Crippen molar-refractivity contribution in [1.82, 2.24) is 49.0 Å². The number of nitro benzene ring substituents is 2. The van der Waals surface area contributed by atoms with Gasteiger partial charge in [0.2, 0.25) is 0 Å². The third-order valence-electron chi connectivity index (χ3n) is 26.7. The van der Waals surface area contributed by atoms with Gasteiger partial charge >= 0.3 is 0 Å². The summed E-state index contributed by atoms with van der Waals surface area (Å²) < 4.78 is 78.5. The fourth-order valence-electron chi connectivity index (χ4n) is 19.7. The van der Waals surface area contributed by atoms with E-state index in [1.807, 2.05) is 42.5 Å². The van der Waals surface area contributed by atoms with Crippen LogP contribution in [0.3, 0.4) is 0 Å². The molecule has 0 saturated carbocycles. The van der Waals surface area contributed by atoms with Crippen molar-refractivity contribution in [3.05, 3.63) is 244 Å². The molecule has 27 nitrogen and oxygen atoms in total. The molecule has 2 atom stereocenters. The van der Waals surface area contributed by atoms with Gasteiger partial charge in [-0.05, 0) is 244 Å². The number of piperidine rings is 1. The molecule has 0 spiro atoms. The average Bonchev–Trinajstić information content (AvgIpc) is 1.69. The highest BCUT2D eigenvalue weighted by Gasteiger charge is 2.39. The largest absolute Gasteiger partial charge is 0.455 e. The molecule has 666 valence electrons. The summed E-state index contributed by atoms with van der Waals surface area (Å²) in [5, 5.41) is 27.7. The summed E-state index contributed by atoms with van der Waals surface area (Å²) in [6, 6.07) is 39.1. The fourth-order valence-corrected chi connectivity index (χ4v) is 22.0.